The summed E-state index contributed by atoms with van der Waals surface area (Å²) in [6.45, 7) is 2.11. The molecule has 25 heavy (non-hydrogen) atoms. The second-order valence-electron chi connectivity index (χ2n) is 5.85. The molecule has 130 valence electrons. The summed E-state index contributed by atoms with van der Waals surface area (Å²) < 4.78 is 2.90. The highest BCUT2D eigenvalue weighted by Gasteiger charge is 2.37. The van der Waals surface area contributed by atoms with Gasteiger partial charge in [-0.25, -0.2) is 4.68 Å². The maximum atomic E-state index is 12.8. The van der Waals surface area contributed by atoms with Crippen LogP contribution in [0.3, 0.4) is 0 Å². The lowest BCUT2D eigenvalue weighted by molar-refractivity contribution is -0.133. The Morgan fingerprint density at radius 3 is 2.52 bits per heavy atom. The summed E-state index contributed by atoms with van der Waals surface area (Å²) in [6.07, 6.45) is 1.06. The second-order valence-corrected chi connectivity index (χ2v) is 7.50. The molecule has 1 aromatic heterocycles. The number of aryl methyl sites for hydroxylation is 1. The summed E-state index contributed by atoms with van der Waals surface area (Å²) in [5.74, 6) is -1.60. The second kappa shape index (κ2) is 7.25. The third-order valence-electron chi connectivity index (χ3n) is 4.22. The highest BCUT2D eigenvalue weighted by Crippen LogP contribution is 2.32. The Balaban J connectivity index is 1.99. The van der Waals surface area contributed by atoms with Gasteiger partial charge in [0.15, 0.2) is 17.3 Å². The number of nitrogens with zero attached hydrogens (tertiary/aromatic N) is 4. The summed E-state index contributed by atoms with van der Waals surface area (Å²) in [5, 5.41) is 11.3. The van der Waals surface area contributed by atoms with Crippen LogP contribution in [-0.4, -0.2) is 37.6 Å². The van der Waals surface area contributed by atoms with Gasteiger partial charge in [-0.1, -0.05) is 15.9 Å². The van der Waals surface area contributed by atoms with Crippen LogP contribution in [0.25, 0.3) is 0 Å². The number of carbonyl (C=O) groups is 3. The van der Waals surface area contributed by atoms with Gasteiger partial charge < -0.3 is 0 Å². The molecule has 9 heteroatoms. The molecule has 0 atom stereocenters. The average Bonchev–Trinajstić information content (AvgIpc) is 2.96. The molecule has 0 saturated heterocycles. The van der Waals surface area contributed by atoms with Crippen molar-refractivity contribution in [2.75, 3.05) is 0 Å². The fourth-order valence-electron chi connectivity index (χ4n) is 2.83. The van der Waals surface area contributed by atoms with Crippen molar-refractivity contribution in [3.63, 3.8) is 0 Å². The van der Waals surface area contributed by atoms with Crippen LogP contribution in [0.5, 0.6) is 0 Å². The third-order valence-corrected chi connectivity index (χ3v) is 5.87. The predicted molar refractivity (Wildman–Crippen MR) is 95.2 cm³/mol. The Morgan fingerprint density at radius 1 is 1.24 bits per heavy atom. The predicted octanol–water partition coefficient (Wildman–Crippen LogP) is 2.68. The monoisotopic (exact) mass is 468 g/mol. The van der Waals surface area contributed by atoms with Gasteiger partial charge in [0.1, 0.15) is 11.7 Å². The number of aromatic nitrogens is 4. The molecule has 0 radical (unpaired) electrons. The Labute approximate surface area is 160 Å². The summed E-state index contributed by atoms with van der Waals surface area (Å²) in [6, 6.07) is 3.34. The van der Waals surface area contributed by atoms with Gasteiger partial charge in [0, 0.05) is 32.9 Å². The summed E-state index contributed by atoms with van der Waals surface area (Å²) >= 11 is 6.92. The van der Waals surface area contributed by atoms with Crippen molar-refractivity contribution in [1.29, 1.82) is 0 Å². The van der Waals surface area contributed by atoms with Crippen LogP contribution >= 0.6 is 31.9 Å². The first-order chi connectivity index (χ1) is 11.9. The number of carbonyl (C=O) groups excluding carboxylic acids is 3. The van der Waals surface area contributed by atoms with Gasteiger partial charge in [-0.3, -0.25) is 14.4 Å². The Kier molecular flexibility index (Phi) is 5.24. The molecule has 1 aromatic carbocycles. The number of ketones is 3. The molecular weight excluding hydrogens is 456 g/mol. The van der Waals surface area contributed by atoms with Crippen molar-refractivity contribution < 1.29 is 14.4 Å². The zero-order valence-electron chi connectivity index (χ0n) is 13.3. The van der Waals surface area contributed by atoms with Crippen LogP contribution < -0.4 is 0 Å². The minimum atomic E-state index is -1.19. The van der Waals surface area contributed by atoms with Crippen molar-refractivity contribution >= 4 is 49.2 Å². The number of benzene rings is 1. The van der Waals surface area contributed by atoms with E-state index in [0.717, 1.165) is 10.0 Å². The molecule has 7 nitrogen and oxygen atoms in total. The first-order valence-corrected chi connectivity index (χ1v) is 9.28. The van der Waals surface area contributed by atoms with Crippen LogP contribution in [0.4, 0.5) is 0 Å². The van der Waals surface area contributed by atoms with E-state index in [1.54, 1.807) is 23.7 Å². The minimum Gasteiger partial charge on any atom is -0.298 e. The van der Waals surface area contributed by atoms with E-state index < -0.39 is 11.7 Å². The van der Waals surface area contributed by atoms with Crippen molar-refractivity contribution in [2.24, 2.45) is 5.92 Å². The van der Waals surface area contributed by atoms with E-state index in [9.17, 15) is 14.4 Å². The van der Waals surface area contributed by atoms with Crippen molar-refractivity contribution in [3.8, 4) is 0 Å². The number of hydrogen-bond donors (Lipinski definition) is 0. The van der Waals surface area contributed by atoms with E-state index in [4.69, 9.17) is 0 Å². The lowest BCUT2D eigenvalue weighted by atomic mass is 9.81. The molecule has 1 fully saturated rings. The van der Waals surface area contributed by atoms with E-state index in [2.05, 4.69) is 47.4 Å². The highest BCUT2D eigenvalue weighted by molar-refractivity contribution is 9.11. The number of halogens is 2. The molecule has 1 saturated carbocycles. The fraction of sp³-hybridized carbons (Fsp3) is 0.375. The number of rotatable bonds is 4. The molecular formula is C16H14Br2N4O3. The van der Waals surface area contributed by atoms with Gasteiger partial charge in [0.05, 0.1) is 6.54 Å². The van der Waals surface area contributed by atoms with E-state index in [1.807, 2.05) is 0 Å². The molecule has 3 rings (SSSR count). The van der Waals surface area contributed by atoms with Crippen molar-refractivity contribution in [2.45, 2.75) is 32.7 Å². The largest absolute Gasteiger partial charge is 0.298 e. The third kappa shape index (κ3) is 3.48. The van der Waals surface area contributed by atoms with Crippen molar-refractivity contribution in [3.05, 3.63) is 38.0 Å². The molecule has 1 aliphatic carbocycles. The standard InChI is InChI=1S/C16H14Br2N4O3/c1-8-19-20-21-22(8)7-10-11(17)6-5-9(15(10)18)16(25)14-12(23)3-2-4-13(14)24/h5-6,14H,2-4,7H2,1H3. The topological polar surface area (TPSA) is 94.8 Å². The molecule has 1 heterocycles. The quantitative estimate of drug-likeness (QED) is 0.504. The molecule has 1 aliphatic rings. The van der Waals surface area contributed by atoms with E-state index in [-0.39, 0.29) is 24.4 Å². The van der Waals surface area contributed by atoms with E-state index >= 15 is 0 Å². The van der Waals surface area contributed by atoms with Gasteiger partial charge in [-0.05, 0) is 51.8 Å². The maximum Gasteiger partial charge on any atom is 0.181 e. The van der Waals surface area contributed by atoms with Crippen molar-refractivity contribution in [1.82, 2.24) is 20.2 Å². The van der Waals surface area contributed by atoms with Crippen LogP contribution in [-0.2, 0) is 16.1 Å². The molecule has 0 N–H and O–H groups in total. The Morgan fingerprint density at radius 2 is 1.92 bits per heavy atom. The zero-order valence-corrected chi connectivity index (χ0v) is 16.5. The normalized spacial score (nSPS) is 15.6. The summed E-state index contributed by atoms with van der Waals surface area (Å²) in [5.41, 5.74) is 1.08. The molecule has 0 spiro atoms. The van der Waals surface area contributed by atoms with Crippen LogP contribution in [0, 0.1) is 12.8 Å². The van der Waals surface area contributed by atoms with Crippen LogP contribution in [0.1, 0.15) is 41.0 Å². The number of hydrogen-bond acceptors (Lipinski definition) is 6. The van der Waals surface area contributed by atoms with Gasteiger partial charge in [-0.15, -0.1) is 5.10 Å². The van der Waals surface area contributed by atoms with E-state index in [1.165, 1.54) is 0 Å². The first-order valence-electron chi connectivity index (χ1n) is 7.69. The summed E-state index contributed by atoms with van der Waals surface area (Å²) in [7, 11) is 0. The van der Waals surface area contributed by atoms with Gasteiger partial charge in [-0.2, -0.15) is 0 Å². The average molecular weight is 470 g/mol. The highest BCUT2D eigenvalue weighted by atomic mass is 79.9. The summed E-state index contributed by atoms with van der Waals surface area (Å²) in [4.78, 5) is 37.0. The van der Waals surface area contributed by atoms with Crippen LogP contribution in [0.2, 0.25) is 0 Å². The lowest BCUT2D eigenvalue weighted by Gasteiger charge is -2.20. The van der Waals surface area contributed by atoms with Gasteiger partial charge in [0.25, 0.3) is 0 Å². The minimum absolute atomic E-state index is 0.271. The van der Waals surface area contributed by atoms with Gasteiger partial charge >= 0.3 is 0 Å². The van der Waals surface area contributed by atoms with Crippen LogP contribution in [0.15, 0.2) is 21.1 Å². The van der Waals surface area contributed by atoms with Gasteiger partial charge in [0.2, 0.25) is 0 Å². The SMILES string of the molecule is Cc1nnnn1Cc1c(Br)ccc(C(=O)C2C(=O)CCCC2=O)c1Br. The number of tetrazole rings is 1. The van der Waals surface area contributed by atoms with E-state index in [0.29, 0.717) is 28.8 Å². The molecule has 0 unspecified atom stereocenters. The Bertz CT molecular complexity index is 862. The molecule has 0 aliphatic heterocycles. The molecule has 0 bridgehead atoms. The molecule has 0 amide bonds. The Hall–Kier alpha value is -1.74. The zero-order chi connectivity index (χ0) is 18.1. The molecule has 2 aromatic rings. The smallest absolute Gasteiger partial charge is 0.181 e. The number of Topliss-reactive ketones (excluding diaryl/α,β-unsaturated/α-hetero) is 3. The maximum absolute atomic E-state index is 12.8. The fourth-order valence-corrected chi connectivity index (χ4v) is 4.22. The lowest BCUT2D eigenvalue weighted by Crippen LogP contribution is -2.35. The first kappa shape index (κ1) is 18.1.